The Bertz CT molecular complexity index is 1460. The van der Waals surface area contributed by atoms with Crippen molar-refractivity contribution < 1.29 is 19.1 Å². The first-order chi connectivity index (χ1) is 18.2. The van der Waals surface area contributed by atoms with E-state index in [1.165, 1.54) is 14.0 Å². The predicted octanol–water partition coefficient (Wildman–Crippen LogP) is 5.40. The van der Waals surface area contributed by atoms with Crippen LogP contribution in [-0.4, -0.2) is 49.5 Å². The van der Waals surface area contributed by atoms with E-state index >= 15 is 0 Å². The maximum Gasteiger partial charge on any atom is 0.309 e. The van der Waals surface area contributed by atoms with Gasteiger partial charge in [0.05, 0.1) is 11.3 Å². The summed E-state index contributed by atoms with van der Waals surface area (Å²) in [6.07, 6.45) is 0. The molecule has 0 saturated heterocycles. The number of amides is 1. The number of rotatable bonds is 8. The van der Waals surface area contributed by atoms with Crippen LogP contribution in [0.15, 0.2) is 66.7 Å². The summed E-state index contributed by atoms with van der Waals surface area (Å²) in [6.45, 7) is 5.38. The van der Waals surface area contributed by atoms with Crippen LogP contribution in [0, 0.1) is 13.8 Å². The minimum absolute atomic E-state index is 0.0336. The maximum atomic E-state index is 12.3. The van der Waals surface area contributed by atoms with Crippen molar-refractivity contribution in [2.45, 2.75) is 20.8 Å². The van der Waals surface area contributed by atoms with Crippen LogP contribution in [0.25, 0.3) is 28.1 Å². The second kappa shape index (κ2) is 11.3. The number of benzene rings is 3. The van der Waals surface area contributed by atoms with E-state index in [4.69, 9.17) is 14.6 Å². The molecular formula is C30H32N4O4. The van der Waals surface area contributed by atoms with Crippen LogP contribution in [0.1, 0.15) is 18.1 Å². The van der Waals surface area contributed by atoms with Crippen LogP contribution in [0.2, 0.25) is 0 Å². The highest BCUT2D eigenvalue weighted by atomic mass is 16.5. The standard InChI is InChI=1S/C30H32N4O4/c1-19-7-16-26(20(2)17-19)34-30(38-21(3)35)28(22-8-12-24(13-9-22)31-27(36)18-37-6)29(32-34)23-10-14-25(15-11-23)33(4)5/h7-17H,18H2,1-6H3,(H,31,36). The molecule has 1 amide bonds. The van der Waals surface area contributed by atoms with Crippen molar-refractivity contribution in [3.8, 4) is 34.0 Å². The summed E-state index contributed by atoms with van der Waals surface area (Å²) >= 11 is 0. The third-order valence-corrected chi connectivity index (χ3v) is 6.05. The van der Waals surface area contributed by atoms with E-state index in [1.807, 2.05) is 81.4 Å². The molecule has 0 saturated carbocycles. The van der Waals surface area contributed by atoms with Gasteiger partial charge >= 0.3 is 5.97 Å². The molecule has 196 valence electrons. The Morgan fingerprint density at radius 1 is 0.947 bits per heavy atom. The molecule has 0 spiro atoms. The van der Waals surface area contributed by atoms with Gasteiger partial charge in [-0.15, -0.1) is 0 Å². The zero-order valence-corrected chi connectivity index (χ0v) is 22.5. The lowest BCUT2D eigenvalue weighted by Crippen LogP contribution is -2.16. The van der Waals surface area contributed by atoms with Gasteiger partial charge in [-0.2, -0.15) is 9.78 Å². The number of hydrogen-bond donors (Lipinski definition) is 1. The van der Waals surface area contributed by atoms with Crippen LogP contribution in [0.5, 0.6) is 5.88 Å². The monoisotopic (exact) mass is 512 g/mol. The summed E-state index contributed by atoms with van der Waals surface area (Å²) in [5, 5.41) is 7.78. The van der Waals surface area contributed by atoms with E-state index in [2.05, 4.69) is 11.4 Å². The second-order valence-electron chi connectivity index (χ2n) is 9.32. The Labute approximate surface area is 222 Å². The van der Waals surface area contributed by atoms with Gasteiger partial charge < -0.3 is 19.7 Å². The Balaban J connectivity index is 1.92. The highest BCUT2D eigenvalue weighted by Crippen LogP contribution is 2.42. The van der Waals surface area contributed by atoms with Gasteiger partial charge in [0.25, 0.3) is 0 Å². The van der Waals surface area contributed by atoms with Gasteiger partial charge in [0, 0.05) is 45.1 Å². The van der Waals surface area contributed by atoms with Crippen LogP contribution >= 0.6 is 0 Å². The molecule has 0 aliphatic heterocycles. The summed E-state index contributed by atoms with van der Waals surface area (Å²) in [5.41, 5.74) is 7.62. The number of esters is 1. The zero-order valence-electron chi connectivity index (χ0n) is 22.5. The Morgan fingerprint density at radius 2 is 1.61 bits per heavy atom. The predicted molar refractivity (Wildman–Crippen MR) is 150 cm³/mol. The minimum atomic E-state index is -0.449. The number of aryl methyl sites for hydroxylation is 2. The highest BCUT2D eigenvalue weighted by Gasteiger charge is 2.25. The van der Waals surface area contributed by atoms with E-state index < -0.39 is 5.97 Å². The molecule has 0 radical (unpaired) electrons. The SMILES string of the molecule is COCC(=O)Nc1ccc(-c2c(-c3ccc(N(C)C)cc3)nn(-c3ccc(C)cc3C)c2OC(C)=O)cc1. The molecule has 1 N–H and O–H groups in total. The first kappa shape index (κ1) is 26.6. The molecule has 0 unspecified atom stereocenters. The van der Waals surface area contributed by atoms with Crippen LogP contribution in [0.3, 0.4) is 0 Å². The number of ether oxygens (including phenoxy) is 2. The van der Waals surface area contributed by atoms with Crippen molar-refractivity contribution in [3.05, 3.63) is 77.9 Å². The lowest BCUT2D eigenvalue weighted by molar-refractivity contribution is -0.132. The molecule has 38 heavy (non-hydrogen) atoms. The lowest BCUT2D eigenvalue weighted by atomic mass is 10.0. The van der Waals surface area contributed by atoms with E-state index in [1.54, 1.807) is 16.8 Å². The molecule has 0 aliphatic carbocycles. The summed E-state index contributed by atoms with van der Waals surface area (Å²) in [5.74, 6) is -0.368. The fourth-order valence-corrected chi connectivity index (χ4v) is 4.27. The summed E-state index contributed by atoms with van der Waals surface area (Å²) in [6, 6.07) is 21.4. The van der Waals surface area contributed by atoms with Crippen molar-refractivity contribution in [2.24, 2.45) is 0 Å². The van der Waals surface area contributed by atoms with Crippen LogP contribution in [-0.2, 0) is 14.3 Å². The van der Waals surface area contributed by atoms with Crippen LogP contribution in [0.4, 0.5) is 11.4 Å². The molecule has 3 aromatic carbocycles. The average molecular weight is 513 g/mol. The van der Waals surface area contributed by atoms with Gasteiger partial charge in [0.15, 0.2) is 0 Å². The second-order valence-corrected chi connectivity index (χ2v) is 9.32. The number of hydrogen-bond acceptors (Lipinski definition) is 6. The number of aromatic nitrogens is 2. The molecular weight excluding hydrogens is 480 g/mol. The fourth-order valence-electron chi connectivity index (χ4n) is 4.27. The number of carbonyl (C=O) groups excluding carboxylic acids is 2. The molecule has 8 heteroatoms. The number of nitrogens with one attached hydrogen (secondary N) is 1. The molecule has 0 aliphatic rings. The van der Waals surface area contributed by atoms with Gasteiger partial charge in [-0.3, -0.25) is 9.59 Å². The highest BCUT2D eigenvalue weighted by molar-refractivity contribution is 5.93. The Kier molecular flexibility index (Phi) is 7.93. The van der Waals surface area contributed by atoms with Gasteiger partial charge in [0.1, 0.15) is 12.3 Å². The normalized spacial score (nSPS) is 10.8. The molecule has 0 fully saturated rings. The number of nitrogens with zero attached hydrogens (tertiary/aromatic N) is 3. The van der Waals surface area contributed by atoms with Crippen molar-refractivity contribution in [3.63, 3.8) is 0 Å². The molecule has 0 bridgehead atoms. The van der Waals surface area contributed by atoms with E-state index in [-0.39, 0.29) is 12.5 Å². The quantitative estimate of drug-likeness (QED) is 0.318. The molecule has 1 heterocycles. The van der Waals surface area contributed by atoms with Crippen molar-refractivity contribution in [1.29, 1.82) is 0 Å². The molecule has 1 aromatic heterocycles. The fraction of sp³-hybridized carbons (Fsp3) is 0.233. The van der Waals surface area contributed by atoms with Crippen molar-refractivity contribution in [1.82, 2.24) is 9.78 Å². The van der Waals surface area contributed by atoms with Crippen molar-refractivity contribution in [2.75, 3.05) is 38.0 Å². The van der Waals surface area contributed by atoms with Crippen LogP contribution < -0.4 is 15.0 Å². The molecule has 0 atom stereocenters. The summed E-state index contributed by atoms with van der Waals surface area (Å²) in [4.78, 5) is 26.3. The van der Waals surface area contributed by atoms with Gasteiger partial charge in [-0.05, 0) is 55.3 Å². The van der Waals surface area contributed by atoms with E-state index in [9.17, 15) is 9.59 Å². The Hall–Kier alpha value is -4.43. The van der Waals surface area contributed by atoms with E-state index in [0.717, 1.165) is 33.6 Å². The molecule has 4 rings (SSSR count). The van der Waals surface area contributed by atoms with Gasteiger partial charge in [-0.25, -0.2) is 0 Å². The smallest absolute Gasteiger partial charge is 0.309 e. The van der Waals surface area contributed by atoms with E-state index in [0.29, 0.717) is 22.8 Å². The first-order valence-corrected chi connectivity index (χ1v) is 12.2. The topological polar surface area (TPSA) is 85.7 Å². The maximum absolute atomic E-state index is 12.3. The lowest BCUT2D eigenvalue weighted by Gasteiger charge is -2.13. The van der Waals surface area contributed by atoms with Gasteiger partial charge in [-0.1, -0.05) is 42.0 Å². The average Bonchev–Trinajstić information content (AvgIpc) is 3.22. The summed E-state index contributed by atoms with van der Waals surface area (Å²) in [7, 11) is 5.45. The summed E-state index contributed by atoms with van der Waals surface area (Å²) < 4.78 is 12.4. The molecule has 8 nitrogen and oxygen atoms in total. The largest absolute Gasteiger partial charge is 0.407 e. The molecule has 4 aromatic rings. The number of anilines is 2. The first-order valence-electron chi connectivity index (χ1n) is 12.2. The minimum Gasteiger partial charge on any atom is -0.407 e. The number of carbonyl (C=O) groups is 2. The third kappa shape index (κ3) is 5.76. The Morgan fingerprint density at radius 3 is 2.18 bits per heavy atom. The zero-order chi connectivity index (χ0) is 27.4. The third-order valence-electron chi connectivity index (χ3n) is 6.05. The van der Waals surface area contributed by atoms with Gasteiger partial charge in [0.2, 0.25) is 11.8 Å². The number of methoxy groups -OCH3 is 1. The van der Waals surface area contributed by atoms with Crippen molar-refractivity contribution >= 4 is 23.3 Å².